The molecule has 2 aliphatic heterocycles. The van der Waals surface area contributed by atoms with Crippen molar-refractivity contribution < 1.29 is 0 Å². The highest BCUT2D eigenvalue weighted by atomic mass is 35.5. The van der Waals surface area contributed by atoms with Crippen molar-refractivity contribution in [3.8, 4) is 0 Å². The summed E-state index contributed by atoms with van der Waals surface area (Å²) < 4.78 is 0. The van der Waals surface area contributed by atoms with E-state index in [-0.39, 0.29) is 0 Å². The molecular weight excluding hydrogens is 258 g/mol. The first-order chi connectivity index (χ1) is 9.10. The first-order valence-electron chi connectivity index (χ1n) is 7.35. The number of aromatic nitrogens is 2. The molecule has 0 aliphatic carbocycles. The zero-order chi connectivity index (χ0) is 13.6. The van der Waals surface area contributed by atoms with Gasteiger partial charge >= 0.3 is 0 Å². The zero-order valence-electron chi connectivity index (χ0n) is 12.0. The predicted molar refractivity (Wildman–Crippen MR) is 77.7 cm³/mol. The SMILES string of the molecule is CCc1c(C)nc(C2CC3CCC(C2)N3C)nc1Cl. The van der Waals surface area contributed by atoms with Crippen molar-refractivity contribution in [1.82, 2.24) is 14.9 Å². The lowest BCUT2D eigenvalue weighted by atomic mass is 9.90. The van der Waals surface area contributed by atoms with E-state index < -0.39 is 0 Å². The Balaban J connectivity index is 1.88. The Labute approximate surface area is 120 Å². The van der Waals surface area contributed by atoms with Crippen LogP contribution in [-0.2, 0) is 6.42 Å². The fourth-order valence-electron chi connectivity index (χ4n) is 3.79. The Kier molecular flexibility index (Phi) is 3.52. The van der Waals surface area contributed by atoms with Crippen molar-refractivity contribution in [2.45, 2.75) is 64.0 Å². The van der Waals surface area contributed by atoms with E-state index in [1.54, 1.807) is 0 Å². The van der Waals surface area contributed by atoms with Gasteiger partial charge < -0.3 is 4.90 Å². The van der Waals surface area contributed by atoms with E-state index in [1.807, 2.05) is 0 Å². The van der Waals surface area contributed by atoms with Gasteiger partial charge in [-0.25, -0.2) is 9.97 Å². The second-order valence-corrected chi connectivity index (χ2v) is 6.37. The third-order valence-corrected chi connectivity index (χ3v) is 5.31. The van der Waals surface area contributed by atoms with E-state index in [0.29, 0.717) is 11.1 Å². The first-order valence-corrected chi connectivity index (χ1v) is 7.72. The second kappa shape index (κ2) is 5.02. The molecule has 0 N–H and O–H groups in total. The van der Waals surface area contributed by atoms with Crippen LogP contribution in [0, 0.1) is 6.92 Å². The van der Waals surface area contributed by atoms with E-state index in [4.69, 9.17) is 16.6 Å². The average molecular weight is 280 g/mol. The van der Waals surface area contributed by atoms with E-state index in [2.05, 4.69) is 30.8 Å². The molecule has 0 spiro atoms. The van der Waals surface area contributed by atoms with Crippen LogP contribution in [0.25, 0.3) is 0 Å². The van der Waals surface area contributed by atoms with Gasteiger partial charge in [0.2, 0.25) is 0 Å². The van der Waals surface area contributed by atoms with Crippen LogP contribution in [-0.4, -0.2) is 34.0 Å². The number of hydrogen-bond donors (Lipinski definition) is 0. The lowest BCUT2D eigenvalue weighted by Crippen LogP contribution is -2.39. The standard InChI is InChI=1S/C15H22ClN3/c1-4-13-9(2)17-15(18-14(13)16)10-7-11-5-6-12(8-10)19(11)3/h10-12H,4-8H2,1-3H3. The molecule has 1 aromatic rings. The maximum atomic E-state index is 6.31. The highest BCUT2D eigenvalue weighted by molar-refractivity contribution is 6.30. The number of nitrogens with zero attached hydrogens (tertiary/aromatic N) is 3. The molecule has 2 saturated heterocycles. The minimum atomic E-state index is 0.496. The van der Waals surface area contributed by atoms with Gasteiger partial charge in [0, 0.05) is 29.3 Å². The topological polar surface area (TPSA) is 29.0 Å². The normalized spacial score (nSPS) is 30.8. The molecule has 2 unspecified atom stereocenters. The summed E-state index contributed by atoms with van der Waals surface area (Å²) >= 11 is 6.31. The van der Waals surface area contributed by atoms with Crippen molar-refractivity contribution in [2.75, 3.05) is 7.05 Å². The minimum Gasteiger partial charge on any atom is -0.300 e. The van der Waals surface area contributed by atoms with Gasteiger partial charge in [0.05, 0.1) is 0 Å². The molecule has 19 heavy (non-hydrogen) atoms. The number of piperidine rings is 1. The van der Waals surface area contributed by atoms with Crippen LogP contribution in [0.15, 0.2) is 0 Å². The highest BCUT2D eigenvalue weighted by Crippen LogP contribution is 2.41. The van der Waals surface area contributed by atoms with Gasteiger partial charge in [-0.2, -0.15) is 0 Å². The summed E-state index contributed by atoms with van der Waals surface area (Å²) in [6.45, 7) is 4.16. The molecule has 0 aromatic carbocycles. The smallest absolute Gasteiger partial charge is 0.136 e. The summed E-state index contributed by atoms with van der Waals surface area (Å²) in [6.07, 6.45) is 5.95. The number of hydrogen-bond acceptors (Lipinski definition) is 3. The quantitative estimate of drug-likeness (QED) is 0.778. The molecule has 3 rings (SSSR count). The van der Waals surface area contributed by atoms with Gasteiger partial charge in [0.1, 0.15) is 11.0 Å². The van der Waals surface area contributed by atoms with Gasteiger partial charge in [-0.1, -0.05) is 18.5 Å². The lowest BCUT2D eigenvalue weighted by Gasteiger charge is -2.35. The molecular formula is C15H22ClN3. The van der Waals surface area contributed by atoms with Crippen molar-refractivity contribution in [2.24, 2.45) is 0 Å². The summed E-state index contributed by atoms with van der Waals surface area (Å²) in [6, 6.07) is 1.44. The largest absolute Gasteiger partial charge is 0.300 e. The third kappa shape index (κ3) is 2.27. The third-order valence-electron chi connectivity index (χ3n) is 5.00. The monoisotopic (exact) mass is 279 g/mol. The molecule has 3 nitrogen and oxygen atoms in total. The lowest BCUT2D eigenvalue weighted by molar-refractivity contribution is 0.159. The Morgan fingerprint density at radius 2 is 1.84 bits per heavy atom. The Morgan fingerprint density at radius 3 is 2.37 bits per heavy atom. The van der Waals surface area contributed by atoms with E-state index in [9.17, 15) is 0 Å². The maximum Gasteiger partial charge on any atom is 0.136 e. The van der Waals surface area contributed by atoms with Gasteiger partial charge in [0.15, 0.2) is 0 Å². The molecule has 2 bridgehead atoms. The summed E-state index contributed by atoms with van der Waals surface area (Å²) in [5.41, 5.74) is 2.16. The van der Waals surface area contributed by atoms with Crippen LogP contribution in [0.1, 0.15) is 55.6 Å². The van der Waals surface area contributed by atoms with Gasteiger partial charge in [-0.15, -0.1) is 0 Å². The fourth-order valence-corrected chi connectivity index (χ4v) is 4.15. The van der Waals surface area contributed by atoms with E-state index >= 15 is 0 Å². The van der Waals surface area contributed by atoms with Crippen LogP contribution in [0.5, 0.6) is 0 Å². The van der Waals surface area contributed by atoms with Gasteiger partial charge in [-0.3, -0.25) is 0 Å². The number of aryl methyl sites for hydroxylation is 1. The average Bonchev–Trinajstić information content (AvgIpc) is 2.62. The zero-order valence-corrected chi connectivity index (χ0v) is 12.7. The molecule has 0 radical (unpaired) electrons. The molecule has 104 valence electrons. The van der Waals surface area contributed by atoms with Crippen molar-refractivity contribution >= 4 is 11.6 Å². The van der Waals surface area contributed by atoms with Crippen LogP contribution in [0.3, 0.4) is 0 Å². The maximum absolute atomic E-state index is 6.31. The molecule has 4 heteroatoms. The van der Waals surface area contributed by atoms with Crippen molar-refractivity contribution in [3.63, 3.8) is 0 Å². The number of halogens is 1. The number of fused-ring (bicyclic) bond motifs is 2. The second-order valence-electron chi connectivity index (χ2n) is 6.01. The molecule has 2 aliphatic rings. The minimum absolute atomic E-state index is 0.496. The van der Waals surface area contributed by atoms with E-state index in [1.165, 1.54) is 25.7 Å². The van der Waals surface area contributed by atoms with E-state index in [0.717, 1.165) is 35.6 Å². The number of rotatable bonds is 2. The summed E-state index contributed by atoms with van der Waals surface area (Å²) in [5.74, 6) is 1.47. The first kappa shape index (κ1) is 13.3. The van der Waals surface area contributed by atoms with Crippen LogP contribution in [0.4, 0.5) is 0 Å². The van der Waals surface area contributed by atoms with Crippen LogP contribution in [0.2, 0.25) is 5.15 Å². The van der Waals surface area contributed by atoms with Gasteiger partial charge in [0.25, 0.3) is 0 Å². The molecule has 0 saturated carbocycles. The van der Waals surface area contributed by atoms with Crippen molar-refractivity contribution in [3.05, 3.63) is 22.2 Å². The molecule has 3 heterocycles. The fraction of sp³-hybridized carbons (Fsp3) is 0.733. The van der Waals surface area contributed by atoms with Gasteiger partial charge in [-0.05, 0) is 46.1 Å². The summed E-state index contributed by atoms with van der Waals surface area (Å²) in [5, 5.41) is 0.663. The molecule has 0 amide bonds. The predicted octanol–water partition coefficient (Wildman–Crippen LogP) is 3.34. The summed E-state index contributed by atoms with van der Waals surface area (Å²) in [4.78, 5) is 11.9. The molecule has 1 aromatic heterocycles. The molecule has 2 atom stereocenters. The Morgan fingerprint density at radius 1 is 1.21 bits per heavy atom. The Hall–Kier alpha value is -0.670. The molecule has 2 fully saturated rings. The van der Waals surface area contributed by atoms with Crippen LogP contribution < -0.4 is 0 Å². The Bertz CT molecular complexity index is 451. The summed E-state index contributed by atoms with van der Waals surface area (Å²) in [7, 11) is 2.26. The van der Waals surface area contributed by atoms with Crippen molar-refractivity contribution in [1.29, 1.82) is 0 Å². The van der Waals surface area contributed by atoms with Crippen LogP contribution >= 0.6 is 11.6 Å². The highest BCUT2D eigenvalue weighted by Gasteiger charge is 2.39.